The van der Waals surface area contributed by atoms with Gasteiger partial charge in [-0.1, -0.05) is 0 Å². The molecule has 0 spiro atoms. The largest absolute Gasteiger partial charge is 0.354 e. The van der Waals surface area contributed by atoms with Gasteiger partial charge in [0.2, 0.25) is 5.91 Å². The Bertz CT molecular complexity index is 943. The smallest absolute Gasteiger partial charge is 0.241 e. The molecule has 0 bridgehead atoms. The number of hydrogen-bond acceptors (Lipinski definition) is 4. The predicted molar refractivity (Wildman–Crippen MR) is 104 cm³/mol. The molecule has 0 aliphatic carbocycles. The van der Waals surface area contributed by atoms with E-state index in [0.29, 0.717) is 24.4 Å². The number of aryl methyl sites for hydroxylation is 1. The lowest BCUT2D eigenvalue weighted by molar-refractivity contribution is -0.121. The Kier molecular flexibility index (Phi) is 5.66. The summed E-state index contributed by atoms with van der Waals surface area (Å²) in [5, 5.41) is 10.7. The summed E-state index contributed by atoms with van der Waals surface area (Å²) in [6.07, 6.45) is 5.49. The second kappa shape index (κ2) is 8.52. The van der Waals surface area contributed by atoms with Crippen LogP contribution in [0.5, 0.6) is 0 Å². The van der Waals surface area contributed by atoms with Gasteiger partial charge in [-0.2, -0.15) is 5.10 Å². The number of H-pyrrole nitrogens is 1. The Labute approximate surface area is 162 Å². The van der Waals surface area contributed by atoms with Crippen LogP contribution in [0.4, 0.5) is 4.39 Å². The van der Waals surface area contributed by atoms with Crippen molar-refractivity contribution in [3.63, 3.8) is 0 Å². The molecule has 8 heteroatoms. The summed E-state index contributed by atoms with van der Waals surface area (Å²) in [4.78, 5) is 19.8. The second-order valence-electron chi connectivity index (χ2n) is 7.26. The van der Waals surface area contributed by atoms with E-state index in [1.807, 2.05) is 6.07 Å². The van der Waals surface area contributed by atoms with Crippen LogP contribution in [0.3, 0.4) is 0 Å². The minimum absolute atomic E-state index is 0.0413. The molecule has 3 N–H and O–H groups in total. The fraction of sp³-hybridized carbons (Fsp3) is 0.450. The minimum Gasteiger partial charge on any atom is -0.354 e. The zero-order valence-electron chi connectivity index (χ0n) is 15.7. The molecule has 1 aliphatic heterocycles. The number of nitrogens with one attached hydrogen (secondary N) is 3. The number of nitrogens with zero attached hydrogens (tertiary/aromatic N) is 3. The van der Waals surface area contributed by atoms with E-state index in [9.17, 15) is 9.18 Å². The van der Waals surface area contributed by atoms with Crippen molar-refractivity contribution in [1.82, 2.24) is 30.4 Å². The van der Waals surface area contributed by atoms with Crippen LogP contribution in [-0.4, -0.2) is 45.3 Å². The first-order chi connectivity index (χ1) is 13.7. The van der Waals surface area contributed by atoms with Gasteiger partial charge in [0.05, 0.1) is 11.0 Å². The number of halogens is 1. The molecule has 1 fully saturated rings. The molecule has 0 unspecified atom stereocenters. The van der Waals surface area contributed by atoms with E-state index in [1.54, 1.807) is 16.9 Å². The van der Waals surface area contributed by atoms with Gasteiger partial charge in [0, 0.05) is 37.3 Å². The third-order valence-electron chi connectivity index (χ3n) is 5.16. The summed E-state index contributed by atoms with van der Waals surface area (Å²) in [6, 6.07) is 6.52. The lowest BCUT2D eigenvalue weighted by atomic mass is 9.96. The molecule has 28 heavy (non-hydrogen) atoms. The minimum atomic E-state index is -0.281. The quantitative estimate of drug-likeness (QED) is 0.545. The molecule has 148 valence electrons. The van der Waals surface area contributed by atoms with Crippen LogP contribution in [0.1, 0.15) is 36.7 Å². The monoisotopic (exact) mass is 384 g/mol. The molecular formula is C20H25FN6O. The van der Waals surface area contributed by atoms with E-state index >= 15 is 0 Å². The Hall–Kier alpha value is -2.74. The molecule has 3 heterocycles. The highest BCUT2D eigenvalue weighted by molar-refractivity contribution is 5.76. The lowest BCUT2D eigenvalue weighted by Gasteiger charge is -2.23. The number of benzene rings is 1. The van der Waals surface area contributed by atoms with E-state index in [0.717, 1.165) is 49.4 Å². The van der Waals surface area contributed by atoms with Crippen LogP contribution in [0.25, 0.3) is 11.0 Å². The highest BCUT2D eigenvalue weighted by atomic mass is 19.1. The summed E-state index contributed by atoms with van der Waals surface area (Å²) < 4.78 is 15.0. The average molecular weight is 384 g/mol. The molecule has 4 rings (SSSR count). The number of carbonyl (C=O) groups excluding carboxylic acids is 1. The molecule has 1 aliphatic rings. The number of rotatable bonds is 7. The lowest BCUT2D eigenvalue weighted by Crippen LogP contribution is -2.32. The zero-order chi connectivity index (χ0) is 19.3. The molecule has 1 atom stereocenters. The van der Waals surface area contributed by atoms with Crippen molar-refractivity contribution in [3.05, 3.63) is 47.8 Å². The molecule has 1 amide bonds. The van der Waals surface area contributed by atoms with Crippen molar-refractivity contribution >= 4 is 16.9 Å². The van der Waals surface area contributed by atoms with Crippen LogP contribution >= 0.6 is 0 Å². The van der Waals surface area contributed by atoms with Crippen molar-refractivity contribution in [2.24, 2.45) is 0 Å². The van der Waals surface area contributed by atoms with Gasteiger partial charge < -0.3 is 15.6 Å². The first-order valence-corrected chi connectivity index (χ1v) is 9.82. The number of carbonyl (C=O) groups is 1. The number of amides is 1. The topological polar surface area (TPSA) is 87.6 Å². The van der Waals surface area contributed by atoms with Crippen molar-refractivity contribution in [2.75, 3.05) is 19.6 Å². The normalized spacial score (nSPS) is 17.1. The second-order valence-corrected chi connectivity index (χ2v) is 7.26. The van der Waals surface area contributed by atoms with Gasteiger partial charge in [-0.25, -0.2) is 9.37 Å². The van der Waals surface area contributed by atoms with Crippen LogP contribution in [0, 0.1) is 5.82 Å². The number of hydrogen-bond donors (Lipinski definition) is 3. The van der Waals surface area contributed by atoms with E-state index in [-0.39, 0.29) is 18.3 Å². The van der Waals surface area contributed by atoms with Crippen molar-refractivity contribution < 1.29 is 9.18 Å². The predicted octanol–water partition coefficient (Wildman–Crippen LogP) is 2.11. The maximum atomic E-state index is 13.2. The Morgan fingerprint density at radius 3 is 3.14 bits per heavy atom. The van der Waals surface area contributed by atoms with Crippen molar-refractivity contribution in [2.45, 2.75) is 38.1 Å². The summed E-state index contributed by atoms with van der Waals surface area (Å²) in [6.45, 7) is 2.80. The van der Waals surface area contributed by atoms with E-state index in [1.165, 1.54) is 12.1 Å². The molecule has 0 radical (unpaired) electrons. The van der Waals surface area contributed by atoms with Crippen LogP contribution in [0.15, 0.2) is 30.5 Å². The molecule has 0 saturated carbocycles. The Balaban J connectivity index is 1.24. The van der Waals surface area contributed by atoms with Gasteiger partial charge in [0.1, 0.15) is 18.2 Å². The highest BCUT2D eigenvalue weighted by Gasteiger charge is 2.19. The molecule has 7 nitrogen and oxygen atoms in total. The number of piperidine rings is 1. The van der Waals surface area contributed by atoms with Crippen molar-refractivity contribution in [1.29, 1.82) is 0 Å². The summed E-state index contributed by atoms with van der Waals surface area (Å²) in [7, 11) is 0. The standard InChI is InChI=1S/C20H25FN6O/c21-15-5-6-16-17(11-15)26-19(25-16)4-2-9-23-20(28)13-27-18(7-10-24-27)14-3-1-8-22-12-14/h5-7,10-11,14,22H,1-4,8-9,12-13H2,(H,23,28)(H,25,26)/t14-/m1/s1. The highest BCUT2D eigenvalue weighted by Crippen LogP contribution is 2.22. The van der Waals surface area contributed by atoms with Gasteiger partial charge >= 0.3 is 0 Å². The molecular weight excluding hydrogens is 359 g/mol. The van der Waals surface area contributed by atoms with E-state index in [4.69, 9.17) is 0 Å². The number of imidazole rings is 1. The van der Waals surface area contributed by atoms with Crippen LogP contribution < -0.4 is 10.6 Å². The SMILES string of the molecule is O=C(Cn1nccc1[C@@H]1CCCNC1)NCCCc1nc2ccc(F)cc2[nH]1. The van der Waals surface area contributed by atoms with E-state index < -0.39 is 0 Å². The third kappa shape index (κ3) is 4.39. The van der Waals surface area contributed by atoms with Crippen LogP contribution in [0.2, 0.25) is 0 Å². The van der Waals surface area contributed by atoms with Crippen LogP contribution in [-0.2, 0) is 17.8 Å². The maximum absolute atomic E-state index is 13.2. The maximum Gasteiger partial charge on any atom is 0.241 e. The summed E-state index contributed by atoms with van der Waals surface area (Å²) >= 11 is 0. The molecule has 3 aromatic rings. The first-order valence-electron chi connectivity index (χ1n) is 9.82. The van der Waals surface area contributed by atoms with E-state index in [2.05, 4.69) is 25.7 Å². The first kappa shape index (κ1) is 18.6. The van der Waals surface area contributed by atoms with Gasteiger partial charge in [-0.3, -0.25) is 9.48 Å². The van der Waals surface area contributed by atoms with Crippen molar-refractivity contribution in [3.8, 4) is 0 Å². The Morgan fingerprint density at radius 2 is 2.29 bits per heavy atom. The molecule has 2 aromatic heterocycles. The third-order valence-corrected chi connectivity index (χ3v) is 5.16. The number of fused-ring (bicyclic) bond motifs is 1. The summed E-state index contributed by atoms with van der Waals surface area (Å²) in [5.41, 5.74) is 2.57. The van der Waals surface area contributed by atoms with Gasteiger partial charge in [0.25, 0.3) is 0 Å². The fourth-order valence-corrected chi connectivity index (χ4v) is 3.75. The molecule has 1 aromatic carbocycles. The van der Waals surface area contributed by atoms with Gasteiger partial charge in [-0.15, -0.1) is 0 Å². The van der Waals surface area contributed by atoms with Gasteiger partial charge in [-0.05, 0) is 50.1 Å². The summed E-state index contributed by atoms with van der Waals surface area (Å²) in [5.74, 6) is 0.897. The Morgan fingerprint density at radius 1 is 1.36 bits per heavy atom. The number of aromatic nitrogens is 4. The average Bonchev–Trinajstić information content (AvgIpc) is 3.32. The number of aromatic amines is 1. The molecule has 1 saturated heterocycles. The fourth-order valence-electron chi connectivity index (χ4n) is 3.75. The zero-order valence-corrected chi connectivity index (χ0v) is 15.7. The van der Waals surface area contributed by atoms with Gasteiger partial charge in [0.15, 0.2) is 0 Å².